The second-order valence-corrected chi connectivity index (χ2v) is 9.64. The van der Waals surface area contributed by atoms with Crippen molar-refractivity contribution in [2.45, 2.75) is 37.8 Å². The van der Waals surface area contributed by atoms with Crippen LogP contribution in [0.5, 0.6) is 0 Å². The molecule has 0 radical (unpaired) electrons. The van der Waals surface area contributed by atoms with Crippen LogP contribution in [0.15, 0.2) is 55.0 Å². The third-order valence-electron chi connectivity index (χ3n) is 7.06. The fraction of sp³-hybridized carbons (Fsp3) is 0.214. The van der Waals surface area contributed by atoms with Crippen LogP contribution < -0.4 is 10.6 Å². The van der Waals surface area contributed by atoms with Crippen LogP contribution in [0.1, 0.15) is 41.7 Å². The normalized spacial score (nSPS) is 16.9. The molecule has 5 aromatic rings. The fourth-order valence-corrected chi connectivity index (χ4v) is 5.23. The summed E-state index contributed by atoms with van der Waals surface area (Å²) in [6.07, 6.45) is 6.92. The van der Waals surface area contributed by atoms with Crippen molar-refractivity contribution >= 4 is 22.8 Å². The van der Waals surface area contributed by atoms with Crippen molar-refractivity contribution in [1.29, 1.82) is 5.26 Å². The summed E-state index contributed by atoms with van der Waals surface area (Å²) in [6.45, 7) is 0. The average molecular weight is 540 g/mol. The Morgan fingerprint density at radius 2 is 1.95 bits per heavy atom. The zero-order valence-electron chi connectivity index (χ0n) is 21.1. The second kappa shape index (κ2) is 10.5. The van der Waals surface area contributed by atoms with Crippen LogP contribution in [0, 0.1) is 23.0 Å². The monoisotopic (exact) mass is 539 g/mol. The molecule has 2 atom stereocenters. The zero-order valence-corrected chi connectivity index (χ0v) is 21.1. The van der Waals surface area contributed by atoms with Gasteiger partial charge in [0.1, 0.15) is 17.5 Å². The first-order chi connectivity index (χ1) is 19.5. The third-order valence-corrected chi connectivity index (χ3v) is 7.06. The molecule has 1 aliphatic rings. The summed E-state index contributed by atoms with van der Waals surface area (Å²) in [7, 11) is 0. The molecule has 1 saturated carbocycles. The SMILES string of the molecule is N#Cc1c(-c2c[nH]c3ncc(F)cc23)nc(N[C@@H]2CCC[C@@H](NC(=O)c3c[nH]nn3)C2)c(F)c1-c1ccccc1. The van der Waals surface area contributed by atoms with Crippen LogP contribution in [0.25, 0.3) is 33.4 Å². The first-order valence-electron chi connectivity index (χ1n) is 12.8. The van der Waals surface area contributed by atoms with E-state index in [0.717, 1.165) is 25.5 Å². The maximum Gasteiger partial charge on any atom is 0.273 e. The van der Waals surface area contributed by atoms with Gasteiger partial charge in [-0.05, 0) is 37.3 Å². The molecule has 0 unspecified atom stereocenters. The van der Waals surface area contributed by atoms with E-state index in [1.54, 1.807) is 36.5 Å². The Kier molecular flexibility index (Phi) is 6.61. The van der Waals surface area contributed by atoms with Gasteiger partial charge in [0.05, 0.1) is 23.7 Å². The predicted octanol–water partition coefficient (Wildman–Crippen LogP) is 4.71. The van der Waals surface area contributed by atoms with E-state index in [2.05, 4.69) is 47.1 Å². The van der Waals surface area contributed by atoms with Crippen molar-refractivity contribution in [2.24, 2.45) is 0 Å². The first-order valence-corrected chi connectivity index (χ1v) is 12.8. The molecule has 0 saturated heterocycles. The molecule has 4 aromatic heterocycles. The number of pyridine rings is 2. The van der Waals surface area contributed by atoms with Gasteiger partial charge in [-0.25, -0.2) is 18.7 Å². The largest absolute Gasteiger partial charge is 0.365 e. The Morgan fingerprint density at radius 1 is 1.12 bits per heavy atom. The van der Waals surface area contributed by atoms with Gasteiger partial charge < -0.3 is 15.6 Å². The highest BCUT2D eigenvalue weighted by atomic mass is 19.1. The highest BCUT2D eigenvalue weighted by Gasteiger charge is 2.28. The number of halogens is 2. The molecule has 4 N–H and O–H groups in total. The maximum absolute atomic E-state index is 16.2. The van der Waals surface area contributed by atoms with Crippen LogP contribution in [0.2, 0.25) is 0 Å². The molecule has 12 heteroatoms. The van der Waals surface area contributed by atoms with Gasteiger partial charge in [0.2, 0.25) is 0 Å². The molecule has 40 heavy (non-hydrogen) atoms. The Balaban J connectivity index is 1.40. The molecule has 1 fully saturated rings. The molecule has 10 nitrogen and oxygen atoms in total. The summed E-state index contributed by atoms with van der Waals surface area (Å²) < 4.78 is 30.3. The lowest BCUT2D eigenvalue weighted by molar-refractivity contribution is 0.0921. The van der Waals surface area contributed by atoms with Crippen LogP contribution in [-0.4, -0.2) is 48.4 Å². The number of amides is 1. The van der Waals surface area contributed by atoms with E-state index in [0.29, 0.717) is 28.6 Å². The van der Waals surface area contributed by atoms with Crippen molar-refractivity contribution in [1.82, 2.24) is 35.7 Å². The Hall–Kier alpha value is -5.18. The van der Waals surface area contributed by atoms with E-state index in [-0.39, 0.29) is 46.3 Å². The van der Waals surface area contributed by atoms with Crippen LogP contribution >= 0.6 is 0 Å². The number of nitrogens with one attached hydrogen (secondary N) is 4. The number of nitrogens with zero attached hydrogens (tertiary/aromatic N) is 5. The number of carbonyl (C=O) groups excluding carboxylic acids is 1. The summed E-state index contributed by atoms with van der Waals surface area (Å²) in [5, 5.41) is 26.6. The number of H-pyrrole nitrogens is 2. The molecule has 1 aromatic carbocycles. The van der Waals surface area contributed by atoms with E-state index in [4.69, 9.17) is 0 Å². The van der Waals surface area contributed by atoms with E-state index in [1.165, 1.54) is 12.3 Å². The number of anilines is 1. The quantitative estimate of drug-likeness (QED) is 0.244. The van der Waals surface area contributed by atoms with Gasteiger partial charge in [-0.3, -0.25) is 9.89 Å². The van der Waals surface area contributed by atoms with Gasteiger partial charge >= 0.3 is 0 Å². The Morgan fingerprint density at radius 3 is 2.73 bits per heavy atom. The second-order valence-electron chi connectivity index (χ2n) is 9.64. The van der Waals surface area contributed by atoms with Gasteiger partial charge in [-0.1, -0.05) is 35.5 Å². The summed E-state index contributed by atoms with van der Waals surface area (Å²) in [4.78, 5) is 24.1. The number of hydrogen-bond acceptors (Lipinski definition) is 7. The molecular formula is C28H23F2N9O. The Labute approximate surface area is 226 Å². The summed E-state index contributed by atoms with van der Waals surface area (Å²) in [6, 6.07) is 11.8. The minimum atomic E-state index is -0.663. The Bertz CT molecular complexity index is 1730. The predicted molar refractivity (Wildman–Crippen MR) is 143 cm³/mol. The number of fused-ring (bicyclic) bond motifs is 1. The molecular weight excluding hydrogens is 516 g/mol. The molecule has 6 rings (SSSR count). The minimum absolute atomic E-state index is 0.0277. The molecule has 0 aliphatic heterocycles. The van der Waals surface area contributed by atoms with E-state index in [9.17, 15) is 14.4 Å². The van der Waals surface area contributed by atoms with Crippen molar-refractivity contribution in [3.8, 4) is 28.5 Å². The van der Waals surface area contributed by atoms with Crippen molar-refractivity contribution in [2.75, 3.05) is 5.32 Å². The highest BCUT2D eigenvalue weighted by molar-refractivity contribution is 5.96. The average Bonchev–Trinajstić information content (AvgIpc) is 3.65. The number of benzene rings is 1. The molecule has 200 valence electrons. The van der Waals surface area contributed by atoms with E-state index in [1.807, 2.05) is 0 Å². The minimum Gasteiger partial charge on any atom is -0.365 e. The number of carbonyl (C=O) groups is 1. The maximum atomic E-state index is 16.2. The van der Waals surface area contributed by atoms with Crippen molar-refractivity contribution in [3.63, 3.8) is 0 Å². The topological polar surface area (TPSA) is 148 Å². The van der Waals surface area contributed by atoms with Gasteiger partial charge in [0.25, 0.3) is 5.91 Å². The molecule has 4 heterocycles. The summed E-state index contributed by atoms with van der Waals surface area (Å²) in [5.41, 5.74) is 1.88. The van der Waals surface area contributed by atoms with Gasteiger partial charge in [-0.15, -0.1) is 5.10 Å². The highest BCUT2D eigenvalue weighted by Crippen LogP contribution is 2.39. The van der Waals surface area contributed by atoms with Gasteiger partial charge in [0.15, 0.2) is 17.3 Å². The fourth-order valence-electron chi connectivity index (χ4n) is 5.23. The third kappa shape index (κ3) is 4.73. The number of hydrogen-bond donors (Lipinski definition) is 4. The molecule has 0 spiro atoms. The lowest BCUT2D eigenvalue weighted by atomic mass is 9.90. The standard InChI is InChI=1S/C28H23F2N9O/c29-16-9-19-21(13-33-26(19)32-12-16)25-20(11-31)23(15-5-2-1-3-6-15)24(30)27(37-25)35-17-7-4-8-18(10-17)36-28(40)22-14-34-39-38-22/h1-3,5-6,9,12-14,17-18H,4,7-8,10H2,(H,32,33)(H,35,37)(H,36,40)(H,34,38,39)/t17-,18-/m1/s1. The smallest absolute Gasteiger partial charge is 0.273 e. The number of nitriles is 1. The number of aromatic nitrogens is 6. The lowest BCUT2D eigenvalue weighted by Crippen LogP contribution is -2.42. The number of aromatic amines is 2. The van der Waals surface area contributed by atoms with Crippen LogP contribution in [0.3, 0.4) is 0 Å². The van der Waals surface area contributed by atoms with E-state index >= 15 is 4.39 Å². The van der Waals surface area contributed by atoms with Crippen LogP contribution in [0.4, 0.5) is 14.6 Å². The molecule has 1 aliphatic carbocycles. The van der Waals surface area contributed by atoms with E-state index < -0.39 is 11.6 Å². The molecule has 1 amide bonds. The number of rotatable bonds is 6. The van der Waals surface area contributed by atoms with Crippen LogP contribution in [-0.2, 0) is 0 Å². The summed E-state index contributed by atoms with van der Waals surface area (Å²) >= 11 is 0. The summed E-state index contributed by atoms with van der Waals surface area (Å²) in [5.74, 6) is -1.57. The van der Waals surface area contributed by atoms with Gasteiger partial charge in [-0.2, -0.15) is 5.26 Å². The zero-order chi connectivity index (χ0) is 27.6. The van der Waals surface area contributed by atoms with Crippen molar-refractivity contribution < 1.29 is 13.6 Å². The molecule has 0 bridgehead atoms. The van der Waals surface area contributed by atoms with Gasteiger partial charge in [0, 0.05) is 34.8 Å². The first kappa shape index (κ1) is 25.1. The van der Waals surface area contributed by atoms with Crippen molar-refractivity contribution in [3.05, 3.63) is 77.9 Å². The lowest BCUT2D eigenvalue weighted by Gasteiger charge is -2.31.